The molecule has 3 saturated carbocycles. The number of ether oxygens (including phenoxy) is 2. The molecule has 6 atom stereocenters. The average Bonchev–Trinajstić information content (AvgIpc) is 3.50. The van der Waals surface area contributed by atoms with E-state index < -0.39 is 0 Å². The van der Waals surface area contributed by atoms with Crippen LogP contribution in [0.25, 0.3) is 0 Å². The van der Waals surface area contributed by atoms with Gasteiger partial charge < -0.3 is 9.47 Å². The van der Waals surface area contributed by atoms with Crippen molar-refractivity contribution in [1.82, 2.24) is 0 Å². The van der Waals surface area contributed by atoms with Gasteiger partial charge in [-0.25, -0.2) is 0 Å². The summed E-state index contributed by atoms with van der Waals surface area (Å²) < 4.78 is 12.3. The predicted molar refractivity (Wildman–Crippen MR) is 148 cm³/mol. The molecule has 5 aliphatic rings. The van der Waals surface area contributed by atoms with E-state index in [9.17, 15) is 4.79 Å². The lowest BCUT2D eigenvalue weighted by Crippen LogP contribution is -2.47. The number of rotatable bonds is 2. The summed E-state index contributed by atoms with van der Waals surface area (Å²) in [6.07, 6.45) is 9.14. The van der Waals surface area contributed by atoms with E-state index in [4.69, 9.17) is 9.47 Å². The van der Waals surface area contributed by atoms with E-state index in [1.807, 2.05) is 20.8 Å². The second-order valence-electron chi connectivity index (χ2n) is 11.7. The number of ketones is 1. The van der Waals surface area contributed by atoms with Crippen molar-refractivity contribution in [3.63, 3.8) is 0 Å². The number of allylic oxidation sites excluding steroid dienone is 2. The molecule has 198 valence electrons. The molecule has 4 aliphatic carbocycles. The summed E-state index contributed by atoms with van der Waals surface area (Å²) in [6, 6.07) is 9.28. The minimum atomic E-state index is -0.308. The molecule has 0 amide bonds. The highest BCUT2D eigenvalue weighted by molar-refractivity contribution is 5.79. The molecular formula is C33H48O3. The van der Waals surface area contributed by atoms with Crippen LogP contribution in [0.1, 0.15) is 96.1 Å². The first-order valence-corrected chi connectivity index (χ1v) is 14.5. The molecule has 3 nitrogen and oxygen atoms in total. The van der Waals surface area contributed by atoms with Crippen molar-refractivity contribution in [3.8, 4) is 0 Å². The smallest absolute Gasteiger partial charge is 0.169 e. The van der Waals surface area contributed by atoms with Gasteiger partial charge in [0, 0.05) is 24.7 Å². The van der Waals surface area contributed by atoms with Gasteiger partial charge in [-0.2, -0.15) is 0 Å². The summed E-state index contributed by atoms with van der Waals surface area (Å²) in [7, 11) is 0. The van der Waals surface area contributed by atoms with Crippen LogP contribution in [0.15, 0.2) is 48.6 Å². The SMILES string of the molecule is C=C.CC.CC(=O)C1CCC2C3CCC4CC5(CCC4=C3C(c3ccc(C)cc3)CC12C)OCCO5. The van der Waals surface area contributed by atoms with Crippen molar-refractivity contribution < 1.29 is 14.3 Å². The standard InChI is InChI=1S/C29H38O3.C2H6.C2H4/c1-18-4-6-20(7-5-18)24-17-28(3)25(19(2)30)10-11-26(28)23-9-8-21-16-29(31-14-15-32-29)13-12-22(21)27(23)24;2*1-2/h4-7,21,23-26H,8-17H2,1-3H3;1-2H3;1-2H2. The van der Waals surface area contributed by atoms with E-state index in [-0.39, 0.29) is 17.1 Å². The molecule has 1 saturated heterocycles. The Bertz CT molecular complexity index is 954. The highest BCUT2D eigenvalue weighted by atomic mass is 16.7. The van der Waals surface area contributed by atoms with Crippen molar-refractivity contribution in [2.75, 3.05) is 13.2 Å². The van der Waals surface area contributed by atoms with Crippen molar-refractivity contribution in [3.05, 3.63) is 59.7 Å². The maximum absolute atomic E-state index is 12.7. The van der Waals surface area contributed by atoms with E-state index in [0.29, 0.717) is 29.5 Å². The Morgan fingerprint density at radius 1 is 0.972 bits per heavy atom. The summed E-state index contributed by atoms with van der Waals surface area (Å²) >= 11 is 0. The van der Waals surface area contributed by atoms with Gasteiger partial charge in [-0.1, -0.05) is 61.7 Å². The third-order valence-corrected chi connectivity index (χ3v) is 10.1. The third-order valence-electron chi connectivity index (χ3n) is 10.1. The molecule has 1 heterocycles. The number of Topliss-reactive ketones (excluding diaryl/α,β-unsaturated/α-hetero) is 1. The van der Waals surface area contributed by atoms with Crippen LogP contribution < -0.4 is 0 Å². The van der Waals surface area contributed by atoms with E-state index in [2.05, 4.69) is 51.3 Å². The van der Waals surface area contributed by atoms with Crippen molar-refractivity contribution >= 4 is 5.78 Å². The van der Waals surface area contributed by atoms with Gasteiger partial charge in [-0.3, -0.25) is 4.79 Å². The first kappa shape index (κ1) is 27.3. The fraction of sp³-hybridized carbons (Fsp3) is 0.667. The number of carbonyl (C=O) groups excluding carboxylic acids is 1. The maximum Gasteiger partial charge on any atom is 0.169 e. The van der Waals surface area contributed by atoms with Crippen LogP contribution in [0, 0.1) is 36.0 Å². The fourth-order valence-corrected chi connectivity index (χ4v) is 8.75. The summed E-state index contributed by atoms with van der Waals surface area (Å²) in [5, 5.41) is 0. The van der Waals surface area contributed by atoms with E-state index in [1.54, 1.807) is 11.1 Å². The van der Waals surface area contributed by atoms with Crippen LogP contribution in [0.2, 0.25) is 0 Å². The van der Waals surface area contributed by atoms with E-state index in [0.717, 1.165) is 45.3 Å². The van der Waals surface area contributed by atoms with Gasteiger partial charge in [0.05, 0.1) is 13.2 Å². The molecule has 1 spiro atoms. The molecule has 1 aromatic carbocycles. The molecule has 36 heavy (non-hydrogen) atoms. The highest BCUT2D eigenvalue weighted by Crippen LogP contribution is 2.66. The van der Waals surface area contributed by atoms with Crippen molar-refractivity contribution in [2.45, 2.75) is 97.7 Å². The molecule has 3 heteroatoms. The highest BCUT2D eigenvalue weighted by Gasteiger charge is 2.58. The zero-order valence-electron chi connectivity index (χ0n) is 23.4. The molecule has 0 N–H and O–H groups in total. The summed E-state index contributed by atoms with van der Waals surface area (Å²) in [4.78, 5) is 12.7. The van der Waals surface area contributed by atoms with Crippen LogP contribution in [0.5, 0.6) is 0 Å². The zero-order valence-corrected chi connectivity index (χ0v) is 23.4. The Balaban J connectivity index is 0.000000726. The number of carbonyl (C=O) groups is 1. The average molecular weight is 493 g/mol. The second-order valence-corrected chi connectivity index (χ2v) is 11.7. The topological polar surface area (TPSA) is 35.5 Å². The first-order valence-electron chi connectivity index (χ1n) is 14.5. The van der Waals surface area contributed by atoms with E-state index >= 15 is 0 Å². The minimum Gasteiger partial charge on any atom is -0.348 e. The van der Waals surface area contributed by atoms with Crippen LogP contribution in [-0.2, 0) is 14.3 Å². The van der Waals surface area contributed by atoms with Crippen LogP contribution in [0.4, 0.5) is 0 Å². The van der Waals surface area contributed by atoms with Gasteiger partial charge in [0.25, 0.3) is 0 Å². The Morgan fingerprint density at radius 2 is 1.64 bits per heavy atom. The van der Waals surface area contributed by atoms with Gasteiger partial charge >= 0.3 is 0 Å². The number of aryl methyl sites for hydroxylation is 1. The Morgan fingerprint density at radius 3 is 2.28 bits per heavy atom. The zero-order chi connectivity index (χ0) is 26.1. The molecule has 0 aromatic heterocycles. The van der Waals surface area contributed by atoms with Gasteiger partial charge in [0.15, 0.2) is 5.79 Å². The number of hydrogen-bond acceptors (Lipinski definition) is 3. The Hall–Kier alpha value is -1.71. The number of hydrogen-bond donors (Lipinski definition) is 0. The summed E-state index contributed by atoms with van der Waals surface area (Å²) in [5.74, 6) is 2.72. The lowest BCUT2D eigenvalue weighted by molar-refractivity contribution is -0.181. The van der Waals surface area contributed by atoms with Crippen LogP contribution in [-0.4, -0.2) is 24.8 Å². The Labute approximate surface area is 219 Å². The van der Waals surface area contributed by atoms with Gasteiger partial charge in [-0.15, -0.1) is 13.2 Å². The second kappa shape index (κ2) is 11.0. The van der Waals surface area contributed by atoms with Gasteiger partial charge in [0.2, 0.25) is 0 Å². The first-order chi connectivity index (χ1) is 17.4. The normalized spacial score (nSPS) is 36.0. The van der Waals surface area contributed by atoms with Gasteiger partial charge in [-0.05, 0) is 81.1 Å². The quantitative estimate of drug-likeness (QED) is 0.390. The summed E-state index contributed by atoms with van der Waals surface area (Å²) in [6.45, 7) is 18.0. The maximum atomic E-state index is 12.7. The minimum absolute atomic E-state index is 0.135. The monoisotopic (exact) mass is 492 g/mol. The lowest BCUT2D eigenvalue weighted by Gasteiger charge is -2.54. The molecular weight excluding hydrogens is 444 g/mol. The fourth-order valence-electron chi connectivity index (χ4n) is 8.75. The summed E-state index contributed by atoms with van der Waals surface area (Å²) in [5.41, 5.74) is 6.43. The number of benzene rings is 1. The molecule has 0 radical (unpaired) electrons. The molecule has 1 aliphatic heterocycles. The van der Waals surface area contributed by atoms with Crippen molar-refractivity contribution in [2.24, 2.45) is 29.1 Å². The molecule has 6 rings (SSSR count). The molecule has 4 fully saturated rings. The van der Waals surface area contributed by atoms with Crippen LogP contribution in [0.3, 0.4) is 0 Å². The van der Waals surface area contributed by atoms with E-state index in [1.165, 1.54) is 30.4 Å². The van der Waals surface area contributed by atoms with Crippen LogP contribution >= 0.6 is 0 Å². The molecule has 0 bridgehead atoms. The largest absolute Gasteiger partial charge is 0.348 e. The molecule has 1 aromatic rings. The van der Waals surface area contributed by atoms with Gasteiger partial charge in [0.1, 0.15) is 5.78 Å². The predicted octanol–water partition coefficient (Wildman–Crippen LogP) is 8.18. The third kappa shape index (κ3) is 4.56. The molecule has 6 unspecified atom stereocenters. The Kier molecular flexibility index (Phi) is 8.32. The van der Waals surface area contributed by atoms with Crippen molar-refractivity contribution in [1.29, 1.82) is 0 Å². The number of fused-ring (bicyclic) bond motifs is 4. The lowest BCUT2D eigenvalue weighted by atomic mass is 9.51.